The van der Waals surface area contributed by atoms with Gasteiger partial charge in [-0.15, -0.1) is 0 Å². The summed E-state index contributed by atoms with van der Waals surface area (Å²) in [5, 5.41) is 0. The normalized spacial score (nSPS) is 26.8. The van der Waals surface area contributed by atoms with Gasteiger partial charge in [0, 0.05) is 41.0 Å². The van der Waals surface area contributed by atoms with Gasteiger partial charge >= 0.3 is 41.8 Å². The third-order valence-corrected chi connectivity index (χ3v) is 7.74. The minimum atomic E-state index is -1.44. The summed E-state index contributed by atoms with van der Waals surface area (Å²) >= 11 is 0. The summed E-state index contributed by atoms with van der Waals surface area (Å²) in [5.74, 6) is -5.47. The van der Waals surface area contributed by atoms with Crippen LogP contribution in [0, 0.1) is 0 Å². The summed E-state index contributed by atoms with van der Waals surface area (Å²) in [6.45, 7) is 33.1. The second kappa shape index (κ2) is 22.7. The van der Waals surface area contributed by atoms with Crippen LogP contribution in [-0.4, -0.2) is 123 Å². The molecular formula is C40H48O18. The largest absolute Gasteiger partial charge is 0.459 e. The molecule has 10 atom stereocenters. The molecule has 18 nitrogen and oxygen atoms in total. The third kappa shape index (κ3) is 14.5. The molecule has 0 amide bonds. The van der Waals surface area contributed by atoms with Crippen molar-refractivity contribution in [3.8, 4) is 0 Å². The average molecular weight is 817 g/mol. The Morgan fingerprint density at radius 1 is 0.534 bits per heavy atom. The van der Waals surface area contributed by atoms with E-state index in [2.05, 4.69) is 52.6 Å². The molecular weight excluding hydrogens is 768 g/mol. The Hall–Kier alpha value is -5.95. The highest BCUT2D eigenvalue weighted by Gasteiger charge is 2.52. The summed E-state index contributed by atoms with van der Waals surface area (Å²) < 4.78 is 59.0. The van der Waals surface area contributed by atoms with E-state index in [0.717, 1.165) is 29.9 Å². The van der Waals surface area contributed by atoms with Gasteiger partial charge in [0.2, 0.25) is 12.4 Å². The second-order valence-corrected chi connectivity index (χ2v) is 12.7. The smallest absolute Gasteiger partial charge is 0.333 e. The molecule has 0 aromatic carbocycles. The fourth-order valence-corrected chi connectivity index (χ4v) is 4.77. The van der Waals surface area contributed by atoms with E-state index in [9.17, 15) is 33.6 Å². The molecule has 18 heteroatoms. The first-order valence-electron chi connectivity index (χ1n) is 17.4. The first-order valence-corrected chi connectivity index (χ1v) is 17.4. The lowest BCUT2D eigenvalue weighted by molar-refractivity contribution is -0.271. The zero-order valence-corrected chi connectivity index (χ0v) is 32.7. The standard InChI is InChI=1S/C23H30O9.C17H18O9/c1-11(2)17-23(31-17)32-19-16(29-21(25)13(5)6)10-27-15(9-28-20(24)12(3)4)18(19)30-22(26)14(7)8;1-5-11(18)23-10-9-22-17(26-14(21)8-4)16(25-13(20)7-3)15(10)24-12(19)6-2/h15-19,23H,1,3,5,7,9-10H2,2,4,6,8H3;5-8,10,15-17H,1-4,9H2/t15?,16-,17?,18-,19-,23?;10-,15-,16+,17?/m11/s1. The number of esters is 7. The molecule has 3 aliphatic heterocycles. The van der Waals surface area contributed by atoms with Crippen molar-refractivity contribution in [1.82, 2.24) is 0 Å². The van der Waals surface area contributed by atoms with Crippen LogP contribution in [0.15, 0.2) is 99.2 Å². The zero-order valence-electron chi connectivity index (χ0n) is 32.7. The minimum Gasteiger partial charge on any atom is -0.459 e. The highest BCUT2D eigenvalue weighted by molar-refractivity contribution is 5.88. The summed E-state index contributed by atoms with van der Waals surface area (Å²) in [4.78, 5) is 82.6. The van der Waals surface area contributed by atoms with Gasteiger partial charge in [0.25, 0.3) is 0 Å². The lowest BCUT2D eigenvalue weighted by atomic mass is 9.99. The fourth-order valence-electron chi connectivity index (χ4n) is 4.77. The van der Waals surface area contributed by atoms with Crippen LogP contribution in [0.1, 0.15) is 27.7 Å². The highest BCUT2D eigenvalue weighted by atomic mass is 16.8. The predicted molar refractivity (Wildman–Crippen MR) is 200 cm³/mol. The van der Waals surface area contributed by atoms with Crippen LogP contribution in [0.25, 0.3) is 0 Å². The molecule has 0 aromatic heterocycles. The van der Waals surface area contributed by atoms with Gasteiger partial charge in [0.15, 0.2) is 30.7 Å². The van der Waals surface area contributed by atoms with Crippen LogP contribution in [0.4, 0.5) is 0 Å². The van der Waals surface area contributed by atoms with Gasteiger partial charge < -0.3 is 52.1 Å². The Bertz CT molecular complexity index is 1640. The number of ether oxygens (including phenoxy) is 11. The molecule has 3 rings (SSSR count). The maximum absolute atomic E-state index is 12.3. The molecule has 0 N–H and O–H groups in total. The quantitative estimate of drug-likeness (QED) is 0.0637. The van der Waals surface area contributed by atoms with E-state index >= 15 is 0 Å². The number of hydrogen-bond acceptors (Lipinski definition) is 18. The molecule has 0 radical (unpaired) electrons. The summed E-state index contributed by atoms with van der Waals surface area (Å²) in [6, 6.07) is 0. The molecule has 58 heavy (non-hydrogen) atoms. The Balaban J connectivity index is 0.000000409. The SMILES string of the molecule is C=C(C)C(=O)OCC1OC[C@@H](OC(=O)C(=C)C)[C@@H](OC2OC2C(=C)C)[C@@H]1OC(=O)C(=C)C.C=CC(=O)OC1OC[C@@H](OC(=O)C=C)[C@@H](OC(=O)C=C)[C@@H]1OC(=O)C=C. The van der Waals surface area contributed by atoms with Crippen LogP contribution in [0.3, 0.4) is 0 Å². The van der Waals surface area contributed by atoms with Crippen molar-refractivity contribution >= 4 is 41.8 Å². The molecule has 0 aromatic rings. The number of epoxide rings is 1. The Morgan fingerprint density at radius 3 is 1.50 bits per heavy atom. The Labute approximate surface area is 335 Å². The second-order valence-electron chi connectivity index (χ2n) is 12.7. The van der Waals surface area contributed by atoms with E-state index in [0.29, 0.717) is 0 Å². The fraction of sp³-hybridized carbons (Fsp3) is 0.425. The summed E-state index contributed by atoms with van der Waals surface area (Å²) in [6.07, 6.45) is -6.83. The van der Waals surface area contributed by atoms with Crippen LogP contribution in [-0.2, 0) is 85.7 Å². The molecule has 0 aliphatic carbocycles. The van der Waals surface area contributed by atoms with Gasteiger partial charge in [-0.2, -0.15) is 0 Å². The van der Waals surface area contributed by atoms with Crippen molar-refractivity contribution < 1.29 is 85.7 Å². The Morgan fingerprint density at radius 2 is 1.00 bits per heavy atom. The zero-order chi connectivity index (χ0) is 43.9. The van der Waals surface area contributed by atoms with Crippen molar-refractivity contribution in [2.45, 2.75) is 89.1 Å². The number of rotatable bonds is 18. The highest BCUT2D eigenvalue weighted by Crippen LogP contribution is 2.35. The molecule has 3 saturated heterocycles. The predicted octanol–water partition coefficient (Wildman–Crippen LogP) is 2.53. The van der Waals surface area contributed by atoms with Crippen molar-refractivity contribution in [2.24, 2.45) is 0 Å². The van der Waals surface area contributed by atoms with Crippen LogP contribution in [0.5, 0.6) is 0 Å². The third-order valence-electron chi connectivity index (χ3n) is 7.74. The molecule has 3 aliphatic rings. The van der Waals surface area contributed by atoms with Gasteiger partial charge in [-0.1, -0.05) is 52.6 Å². The topological polar surface area (TPSA) is 224 Å². The molecule has 3 fully saturated rings. The van der Waals surface area contributed by atoms with Gasteiger partial charge in [-0.05, 0) is 33.3 Å². The van der Waals surface area contributed by atoms with Gasteiger partial charge in [-0.25, -0.2) is 33.6 Å². The molecule has 316 valence electrons. The van der Waals surface area contributed by atoms with Gasteiger partial charge in [-0.3, -0.25) is 0 Å². The Kier molecular flexibility index (Phi) is 18.9. The van der Waals surface area contributed by atoms with Gasteiger partial charge in [0.05, 0.1) is 13.2 Å². The first kappa shape index (κ1) is 48.2. The first-order chi connectivity index (χ1) is 27.3. The van der Waals surface area contributed by atoms with Crippen LogP contribution < -0.4 is 0 Å². The minimum absolute atomic E-state index is 0.0927. The van der Waals surface area contributed by atoms with Crippen LogP contribution >= 0.6 is 0 Å². The number of carbonyl (C=O) groups excluding carboxylic acids is 7. The number of hydrogen-bond donors (Lipinski definition) is 0. The van der Waals surface area contributed by atoms with E-state index < -0.39 is 97.1 Å². The van der Waals surface area contributed by atoms with E-state index in [1.165, 1.54) is 20.8 Å². The van der Waals surface area contributed by atoms with Crippen molar-refractivity contribution in [3.63, 3.8) is 0 Å². The average Bonchev–Trinajstić information content (AvgIpc) is 3.96. The number of carbonyl (C=O) groups is 7. The van der Waals surface area contributed by atoms with Crippen molar-refractivity contribution in [1.29, 1.82) is 0 Å². The van der Waals surface area contributed by atoms with E-state index in [1.54, 1.807) is 6.92 Å². The van der Waals surface area contributed by atoms with Crippen molar-refractivity contribution in [2.75, 3.05) is 19.8 Å². The molecule has 4 unspecified atom stereocenters. The van der Waals surface area contributed by atoms with Crippen LogP contribution in [0.2, 0.25) is 0 Å². The van der Waals surface area contributed by atoms with E-state index in [-0.39, 0.29) is 42.6 Å². The monoisotopic (exact) mass is 816 g/mol. The lowest BCUT2D eigenvalue weighted by Crippen LogP contribution is -2.58. The molecule has 0 bridgehead atoms. The van der Waals surface area contributed by atoms with Crippen molar-refractivity contribution in [3.05, 3.63) is 99.2 Å². The molecule has 0 spiro atoms. The van der Waals surface area contributed by atoms with E-state index in [1.807, 2.05) is 0 Å². The maximum Gasteiger partial charge on any atom is 0.333 e. The lowest BCUT2D eigenvalue weighted by Gasteiger charge is -2.40. The van der Waals surface area contributed by atoms with Gasteiger partial charge in [0.1, 0.15) is 24.9 Å². The maximum atomic E-state index is 12.3. The summed E-state index contributed by atoms with van der Waals surface area (Å²) in [7, 11) is 0. The van der Waals surface area contributed by atoms with E-state index in [4.69, 9.17) is 52.1 Å². The molecule has 3 heterocycles. The summed E-state index contributed by atoms with van der Waals surface area (Å²) in [5.41, 5.74) is 1.28. The molecule has 0 saturated carbocycles.